The van der Waals surface area contributed by atoms with E-state index in [1.54, 1.807) is 0 Å². The summed E-state index contributed by atoms with van der Waals surface area (Å²) >= 11 is 0. The first-order valence-electron chi connectivity index (χ1n) is 18.5. The molecule has 0 fully saturated rings. The molecule has 9 aromatic rings. The third-order valence-electron chi connectivity index (χ3n) is 10.2. The minimum atomic E-state index is 0.505. The first kappa shape index (κ1) is 33.1. The zero-order chi connectivity index (χ0) is 37.8. The summed E-state index contributed by atoms with van der Waals surface area (Å²) in [7, 11) is 2.01. The van der Waals surface area contributed by atoms with Crippen molar-refractivity contribution < 1.29 is 9.31 Å². The van der Waals surface area contributed by atoms with Gasteiger partial charge in [-0.3, -0.25) is 4.57 Å². The van der Waals surface area contributed by atoms with Crippen LogP contribution in [0.3, 0.4) is 0 Å². The molecule has 1 aliphatic heterocycles. The van der Waals surface area contributed by atoms with Crippen molar-refractivity contribution in [2.24, 2.45) is 0 Å². The second kappa shape index (κ2) is 13.4. The third kappa shape index (κ3) is 5.82. The van der Waals surface area contributed by atoms with Crippen molar-refractivity contribution in [1.82, 2.24) is 29.1 Å². The largest absolute Gasteiger partial charge is 0.496 e. The lowest BCUT2D eigenvalue weighted by Crippen LogP contribution is -2.02. The molecule has 0 aliphatic carbocycles. The second-order valence-corrected chi connectivity index (χ2v) is 14.0. The molecule has 1 aliphatic rings. The molecule has 0 saturated carbocycles. The average Bonchev–Trinajstić information content (AvgIpc) is 3.75. The molecule has 8 nitrogen and oxygen atoms in total. The van der Waals surface area contributed by atoms with Gasteiger partial charge in [0, 0.05) is 52.4 Å². The van der Waals surface area contributed by atoms with Gasteiger partial charge in [-0.15, -0.1) is 0 Å². The Hall–Kier alpha value is -7.54. The summed E-state index contributed by atoms with van der Waals surface area (Å²) in [5, 5.41) is 2.11. The molecular formula is C48H35N7O+2. The monoisotopic (exact) mass is 725 g/mol. The lowest BCUT2D eigenvalue weighted by atomic mass is 10.1. The molecule has 4 heterocycles. The van der Waals surface area contributed by atoms with Gasteiger partial charge in [-0.2, -0.15) is 0 Å². The molecule has 0 unspecified atom stereocenters. The van der Waals surface area contributed by atoms with E-state index in [2.05, 4.69) is 132 Å². The molecule has 266 valence electrons. The Morgan fingerprint density at radius 2 is 1.23 bits per heavy atom. The number of nitrogens with zero attached hydrogens (tertiary/aromatic N) is 7. The molecule has 0 atom stereocenters. The van der Waals surface area contributed by atoms with E-state index in [1.807, 2.05) is 66.4 Å². The average molecular weight is 726 g/mol. The molecule has 56 heavy (non-hydrogen) atoms. The van der Waals surface area contributed by atoms with Gasteiger partial charge in [0.15, 0.2) is 24.5 Å². The van der Waals surface area contributed by atoms with Crippen LogP contribution < -0.4 is 9.31 Å². The predicted octanol–water partition coefficient (Wildman–Crippen LogP) is 11.1. The number of rotatable bonds is 7. The minimum Gasteiger partial charge on any atom is -0.456 e. The molecule has 0 amide bonds. The number of benzene rings is 6. The van der Waals surface area contributed by atoms with Gasteiger partial charge in [0.1, 0.15) is 17.3 Å². The van der Waals surface area contributed by atoms with Crippen molar-refractivity contribution in [3.8, 4) is 51.5 Å². The number of hydrogen-bond acceptors (Lipinski definition) is 5. The number of fused-ring (bicyclic) bond motifs is 4. The summed E-state index contributed by atoms with van der Waals surface area (Å²) in [5.41, 5.74) is 9.89. The number of hydrogen-bond donors (Lipinski definition) is 0. The molecular weight excluding hydrogens is 691 g/mol. The zero-order valence-corrected chi connectivity index (χ0v) is 31.0. The standard InChI is InChI=1S/C48H35N7O/c1-31-18-22-33(23-19-31)46-50-47(34-24-20-32(2)21-25-34)52-48(51-46)39-28-38-37-13-4-5-14-40(37)55(45-17-8-9-26-49-45)43(38)29-44(39)56-36-12-10-11-35(27-36)54-30-53(3)41-15-6-7-16-42(41)54/h4-29H,1-3H3/q+2. The highest BCUT2D eigenvalue weighted by atomic mass is 16.5. The van der Waals surface area contributed by atoms with E-state index in [9.17, 15) is 0 Å². The number of para-hydroxylation sites is 3. The second-order valence-electron chi connectivity index (χ2n) is 14.0. The van der Waals surface area contributed by atoms with Gasteiger partial charge < -0.3 is 4.74 Å². The highest BCUT2D eigenvalue weighted by molar-refractivity contribution is 6.11. The molecule has 6 aromatic carbocycles. The van der Waals surface area contributed by atoms with E-state index in [0.717, 1.165) is 72.5 Å². The van der Waals surface area contributed by atoms with Crippen LogP contribution in [0.25, 0.3) is 61.8 Å². The van der Waals surface area contributed by atoms with E-state index in [4.69, 9.17) is 24.7 Å². The Labute approximate surface area is 323 Å². The number of ether oxygens (including phenoxy) is 1. The molecule has 3 aromatic heterocycles. The van der Waals surface area contributed by atoms with Crippen molar-refractivity contribution in [2.45, 2.75) is 13.8 Å². The van der Waals surface area contributed by atoms with E-state index >= 15 is 0 Å². The van der Waals surface area contributed by atoms with Crippen molar-refractivity contribution in [2.75, 3.05) is 7.05 Å². The first-order chi connectivity index (χ1) is 27.5. The fourth-order valence-electron chi connectivity index (χ4n) is 7.35. The number of aryl methyl sites for hydroxylation is 2. The Morgan fingerprint density at radius 3 is 1.95 bits per heavy atom. The summed E-state index contributed by atoms with van der Waals surface area (Å²) in [5.74, 6) is 3.73. The minimum absolute atomic E-state index is 0.505. The van der Waals surface area contributed by atoms with Crippen molar-refractivity contribution in [3.63, 3.8) is 0 Å². The normalized spacial score (nSPS) is 12.1. The molecule has 0 saturated heterocycles. The Kier molecular flexibility index (Phi) is 7.91. The quantitative estimate of drug-likeness (QED) is 0.153. The zero-order valence-electron chi connectivity index (χ0n) is 31.0. The summed E-state index contributed by atoms with van der Waals surface area (Å²) in [4.78, 5) is 20.1. The van der Waals surface area contributed by atoms with Crippen LogP contribution in [0.4, 0.5) is 17.1 Å². The highest BCUT2D eigenvalue weighted by Gasteiger charge is 2.32. The summed E-state index contributed by atoms with van der Waals surface area (Å²) in [6, 6.07) is 54.9. The van der Waals surface area contributed by atoms with Gasteiger partial charge in [0.25, 0.3) is 11.4 Å². The number of aromatic nitrogens is 5. The molecule has 0 radical (unpaired) electrons. The van der Waals surface area contributed by atoms with E-state index in [0.29, 0.717) is 29.0 Å². The lowest BCUT2D eigenvalue weighted by molar-refractivity contribution is -0.394. The predicted molar refractivity (Wildman–Crippen MR) is 223 cm³/mol. The molecule has 0 spiro atoms. The molecule has 8 heteroatoms. The summed E-state index contributed by atoms with van der Waals surface area (Å²) in [6.07, 6.45) is 1.82. The van der Waals surface area contributed by atoms with Gasteiger partial charge in [-0.1, -0.05) is 107 Å². The summed E-state index contributed by atoms with van der Waals surface area (Å²) < 4.78 is 13.2. The van der Waals surface area contributed by atoms with Crippen LogP contribution in [0.5, 0.6) is 11.5 Å². The van der Waals surface area contributed by atoms with Crippen molar-refractivity contribution >= 4 is 44.9 Å². The molecule has 10 rings (SSSR count). The van der Waals surface area contributed by atoms with Gasteiger partial charge in [-0.05, 0) is 48.8 Å². The maximum atomic E-state index is 6.99. The smallest absolute Gasteiger partial charge is 0.456 e. The highest BCUT2D eigenvalue weighted by Crippen LogP contribution is 2.42. The SMILES string of the molecule is Cc1ccc(-c2nc(-c3ccc(C)cc3)nc(-c3cc4c5ccccc5n(-c5ccccn5)c4cc3Oc3cccc([N+]4=C=[N+](C)c5ccccc54)c3)n2)cc1. The Morgan fingerprint density at radius 1 is 0.571 bits per heavy atom. The van der Waals surface area contributed by atoms with Gasteiger partial charge in [0.2, 0.25) is 5.69 Å². The fourth-order valence-corrected chi connectivity index (χ4v) is 7.35. The van der Waals surface area contributed by atoms with Crippen LogP contribution in [-0.2, 0) is 0 Å². The Bertz CT molecular complexity index is 2990. The molecule has 0 N–H and O–H groups in total. The Balaban J connectivity index is 1.21. The van der Waals surface area contributed by atoms with Gasteiger partial charge in [-0.25, -0.2) is 19.9 Å². The van der Waals surface area contributed by atoms with E-state index < -0.39 is 0 Å². The molecule has 0 bridgehead atoms. The number of pyridine rings is 1. The van der Waals surface area contributed by atoms with Crippen LogP contribution in [0.15, 0.2) is 158 Å². The lowest BCUT2D eigenvalue weighted by Gasteiger charge is -2.14. The van der Waals surface area contributed by atoms with Crippen molar-refractivity contribution in [3.05, 3.63) is 169 Å². The van der Waals surface area contributed by atoms with Crippen LogP contribution in [-0.4, -0.2) is 42.1 Å². The topological polar surface area (TPSA) is 71.7 Å². The maximum Gasteiger partial charge on any atom is 0.496 e. The first-order valence-corrected chi connectivity index (χ1v) is 18.5. The van der Waals surface area contributed by atoms with Crippen LogP contribution in [0.2, 0.25) is 0 Å². The van der Waals surface area contributed by atoms with Gasteiger partial charge in [0.05, 0.1) is 22.7 Å². The van der Waals surface area contributed by atoms with Crippen LogP contribution in [0, 0.1) is 13.8 Å². The fraction of sp³-hybridized carbons (Fsp3) is 0.0625. The van der Waals surface area contributed by atoms with E-state index in [1.165, 1.54) is 0 Å². The van der Waals surface area contributed by atoms with Crippen LogP contribution >= 0.6 is 0 Å². The third-order valence-corrected chi connectivity index (χ3v) is 10.2. The summed E-state index contributed by atoms with van der Waals surface area (Å²) in [6.45, 7) is 4.15. The maximum absolute atomic E-state index is 6.99. The van der Waals surface area contributed by atoms with Crippen LogP contribution in [0.1, 0.15) is 11.1 Å². The van der Waals surface area contributed by atoms with E-state index in [-0.39, 0.29) is 0 Å². The van der Waals surface area contributed by atoms with Crippen molar-refractivity contribution in [1.29, 1.82) is 0 Å². The van der Waals surface area contributed by atoms with Gasteiger partial charge >= 0.3 is 6.01 Å².